The number of aryl methyl sites for hydroxylation is 1. The van der Waals surface area contributed by atoms with Crippen LogP contribution in [-0.2, 0) is 16.4 Å². The molecule has 5 nitrogen and oxygen atoms in total. The maximum absolute atomic E-state index is 12.3. The summed E-state index contributed by atoms with van der Waals surface area (Å²) in [7, 11) is -0.384. The van der Waals surface area contributed by atoms with Crippen LogP contribution in [0.25, 0.3) is 22.2 Å². The molecule has 0 spiro atoms. The lowest BCUT2D eigenvalue weighted by Gasteiger charge is -2.12. The molecule has 0 atom stereocenters. The summed E-state index contributed by atoms with van der Waals surface area (Å²) in [6, 6.07) is 11.0. The highest BCUT2D eigenvalue weighted by Gasteiger charge is 2.17. The number of nitrogens with one attached hydrogen (secondary N) is 1. The van der Waals surface area contributed by atoms with Crippen LogP contribution < -0.4 is 0 Å². The fourth-order valence-electron chi connectivity index (χ4n) is 2.47. The van der Waals surface area contributed by atoms with Crippen molar-refractivity contribution in [3.05, 3.63) is 48.3 Å². The van der Waals surface area contributed by atoms with Gasteiger partial charge in [0.05, 0.1) is 4.90 Å². The van der Waals surface area contributed by atoms with Crippen LogP contribution in [0.5, 0.6) is 0 Å². The highest BCUT2D eigenvalue weighted by molar-refractivity contribution is 7.89. The van der Waals surface area contributed by atoms with Crippen molar-refractivity contribution >= 4 is 21.1 Å². The van der Waals surface area contributed by atoms with E-state index >= 15 is 0 Å². The van der Waals surface area contributed by atoms with Crippen LogP contribution >= 0.6 is 0 Å². The van der Waals surface area contributed by atoms with Gasteiger partial charge in [-0.2, -0.15) is 0 Å². The molecule has 0 aliphatic carbocycles. The van der Waals surface area contributed by atoms with E-state index in [9.17, 15) is 8.42 Å². The highest BCUT2D eigenvalue weighted by atomic mass is 32.2. The summed E-state index contributed by atoms with van der Waals surface area (Å²) in [6.45, 7) is 2.08. The van der Waals surface area contributed by atoms with Crippen molar-refractivity contribution in [2.24, 2.45) is 0 Å². The van der Waals surface area contributed by atoms with Crippen molar-refractivity contribution in [1.82, 2.24) is 14.3 Å². The van der Waals surface area contributed by atoms with E-state index in [-0.39, 0.29) is 4.90 Å². The number of hydrogen-bond donors (Lipinski definition) is 1. The van der Waals surface area contributed by atoms with Crippen LogP contribution in [0.2, 0.25) is 0 Å². The molecule has 2 heterocycles. The van der Waals surface area contributed by atoms with E-state index in [1.807, 2.05) is 12.1 Å². The lowest BCUT2D eigenvalue weighted by Crippen LogP contribution is -2.22. The number of aromatic amines is 1. The molecule has 0 bridgehead atoms. The number of rotatable bonds is 4. The van der Waals surface area contributed by atoms with Gasteiger partial charge in [-0.1, -0.05) is 19.1 Å². The minimum absolute atomic E-state index is 0.281. The van der Waals surface area contributed by atoms with Gasteiger partial charge in [0.15, 0.2) is 0 Å². The second kappa shape index (κ2) is 5.79. The van der Waals surface area contributed by atoms with E-state index in [1.54, 1.807) is 24.4 Å². The number of nitrogens with zero attached hydrogens (tertiary/aromatic N) is 2. The molecule has 0 radical (unpaired) electrons. The summed E-state index contributed by atoms with van der Waals surface area (Å²) in [5.41, 5.74) is 3.72. The van der Waals surface area contributed by atoms with E-state index < -0.39 is 10.0 Å². The molecule has 1 aromatic carbocycles. The van der Waals surface area contributed by atoms with E-state index in [0.29, 0.717) is 0 Å². The molecule has 6 heteroatoms. The van der Waals surface area contributed by atoms with E-state index in [0.717, 1.165) is 34.3 Å². The molecule has 0 aliphatic rings. The third kappa shape index (κ3) is 2.87. The zero-order chi connectivity index (χ0) is 16.6. The summed E-state index contributed by atoms with van der Waals surface area (Å²) in [5, 5.41) is 1.03. The topological polar surface area (TPSA) is 66.1 Å². The molecule has 0 aliphatic heterocycles. The number of benzene rings is 1. The van der Waals surface area contributed by atoms with Crippen molar-refractivity contribution in [3.63, 3.8) is 0 Å². The molecule has 3 rings (SSSR count). The van der Waals surface area contributed by atoms with Crippen LogP contribution in [-0.4, -0.2) is 36.8 Å². The number of fused-ring (bicyclic) bond motifs is 1. The molecule has 23 heavy (non-hydrogen) atoms. The molecule has 2 aromatic heterocycles. The first-order chi connectivity index (χ1) is 10.9. The second-order valence-electron chi connectivity index (χ2n) is 5.63. The van der Waals surface area contributed by atoms with Crippen LogP contribution in [0.3, 0.4) is 0 Å². The molecular weight excluding hydrogens is 310 g/mol. The van der Waals surface area contributed by atoms with Gasteiger partial charge in [0.1, 0.15) is 5.65 Å². The Labute approximate surface area is 136 Å². The summed E-state index contributed by atoms with van der Waals surface area (Å²) in [6.07, 6.45) is 2.68. The molecule has 1 N–H and O–H groups in total. The molecule has 0 saturated carbocycles. The normalized spacial score (nSPS) is 12.2. The Balaban J connectivity index is 2.08. The van der Waals surface area contributed by atoms with Crippen LogP contribution in [0.1, 0.15) is 12.6 Å². The van der Waals surface area contributed by atoms with E-state index in [4.69, 9.17) is 0 Å². The zero-order valence-electron chi connectivity index (χ0n) is 13.4. The van der Waals surface area contributed by atoms with Gasteiger partial charge in [0.2, 0.25) is 10.0 Å². The number of hydrogen-bond acceptors (Lipinski definition) is 3. The van der Waals surface area contributed by atoms with Gasteiger partial charge in [0.25, 0.3) is 0 Å². The maximum atomic E-state index is 12.3. The van der Waals surface area contributed by atoms with Crippen LogP contribution in [0.4, 0.5) is 0 Å². The standard InChI is InChI=1S/C17H19N3O2S/c1-4-15-9-13-8-14(11-18-17(13)19-15)12-6-5-7-16(10-12)23(21,22)20(2)3/h5-11H,4H2,1-3H3,(H,18,19). The summed E-state index contributed by atoms with van der Waals surface area (Å²) in [5.74, 6) is 0. The van der Waals surface area contributed by atoms with Gasteiger partial charge < -0.3 is 4.98 Å². The van der Waals surface area contributed by atoms with Gasteiger partial charge in [-0.15, -0.1) is 0 Å². The Morgan fingerprint density at radius 3 is 2.61 bits per heavy atom. The number of pyridine rings is 1. The van der Waals surface area contributed by atoms with Gasteiger partial charge in [-0.05, 0) is 36.2 Å². The Kier molecular flexibility index (Phi) is 3.95. The number of aromatic nitrogens is 2. The third-order valence-electron chi connectivity index (χ3n) is 3.85. The summed E-state index contributed by atoms with van der Waals surface area (Å²) >= 11 is 0. The minimum Gasteiger partial charge on any atom is -0.343 e. The number of sulfonamides is 1. The average Bonchev–Trinajstić information content (AvgIpc) is 2.97. The highest BCUT2D eigenvalue weighted by Crippen LogP contribution is 2.26. The van der Waals surface area contributed by atoms with Gasteiger partial charge in [0, 0.05) is 36.9 Å². The summed E-state index contributed by atoms with van der Waals surface area (Å²) in [4.78, 5) is 7.98. The first kappa shape index (κ1) is 15.7. The Hall–Kier alpha value is -2.18. The summed E-state index contributed by atoms with van der Waals surface area (Å²) < 4.78 is 25.8. The van der Waals surface area contributed by atoms with Crippen LogP contribution in [0, 0.1) is 0 Å². The third-order valence-corrected chi connectivity index (χ3v) is 5.66. The molecule has 120 valence electrons. The lowest BCUT2D eigenvalue weighted by molar-refractivity contribution is 0.521. The zero-order valence-corrected chi connectivity index (χ0v) is 14.2. The molecule has 3 aromatic rings. The SMILES string of the molecule is CCc1cc2cc(-c3cccc(S(=O)(=O)N(C)C)c3)cnc2[nH]1. The monoisotopic (exact) mass is 329 g/mol. The molecular formula is C17H19N3O2S. The van der Waals surface area contributed by atoms with Crippen LogP contribution in [0.15, 0.2) is 47.5 Å². The van der Waals surface area contributed by atoms with Crippen molar-refractivity contribution in [1.29, 1.82) is 0 Å². The maximum Gasteiger partial charge on any atom is 0.242 e. The van der Waals surface area contributed by atoms with Crippen molar-refractivity contribution in [2.45, 2.75) is 18.2 Å². The van der Waals surface area contributed by atoms with E-state index in [1.165, 1.54) is 18.4 Å². The molecule has 0 saturated heterocycles. The van der Waals surface area contributed by atoms with Gasteiger partial charge in [-0.3, -0.25) is 0 Å². The van der Waals surface area contributed by atoms with Crippen molar-refractivity contribution in [2.75, 3.05) is 14.1 Å². The Morgan fingerprint density at radius 1 is 1.13 bits per heavy atom. The molecule has 0 fully saturated rings. The van der Waals surface area contributed by atoms with Gasteiger partial charge in [-0.25, -0.2) is 17.7 Å². The molecule has 0 amide bonds. The number of H-pyrrole nitrogens is 1. The molecule has 0 unspecified atom stereocenters. The second-order valence-corrected chi connectivity index (χ2v) is 7.78. The Bertz CT molecular complexity index is 959. The predicted molar refractivity (Wildman–Crippen MR) is 91.8 cm³/mol. The first-order valence-corrected chi connectivity index (χ1v) is 8.86. The van der Waals surface area contributed by atoms with Crippen molar-refractivity contribution in [3.8, 4) is 11.1 Å². The smallest absolute Gasteiger partial charge is 0.242 e. The fourth-order valence-corrected chi connectivity index (χ4v) is 3.42. The van der Waals surface area contributed by atoms with Gasteiger partial charge >= 0.3 is 0 Å². The average molecular weight is 329 g/mol. The quantitative estimate of drug-likeness (QED) is 0.800. The Morgan fingerprint density at radius 2 is 1.91 bits per heavy atom. The van der Waals surface area contributed by atoms with E-state index in [2.05, 4.69) is 23.0 Å². The first-order valence-electron chi connectivity index (χ1n) is 7.42. The fraction of sp³-hybridized carbons (Fsp3) is 0.235. The predicted octanol–water partition coefficient (Wildman–Crippen LogP) is 3.04. The lowest BCUT2D eigenvalue weighted by atomic mass is 10.1. The minimum atomic E-state index is -3.44. The largest absolute Gasteiger partial charge is 0.343 e. The van der Waals surface area contributed by atoms with Crippen molar-refractivity contribution < 1.29 is 8.42 Å².